The summed E-state index contributed by atoms with van der Waals surface area (Å²) >= 11 is 0. The third-order valence-corrected chi connectivity index (χ3v) is 3.82. The van der Waals surface area contributed by atoms with Gasteiger partial charge in [-0.25, -0.2) is 9.18 Å². The molecule has 0 spiro atoms. The number of hydrogen-bond donors (Lipinski definition) is 2. The molecular formula is C21H25FN2O3. The number of ether oxygens (including phenoxy) is 1. The van der Waals surface area contributed by atoms with Crippen LogP contribution in [0, 0.1) is 12.7 Å². The third-order valence-electron chi connectivity index (χ3n) is 3.82. The van der Waals surface area contributed by atoms with Gasteiger partial charge >= 0.3 is 6.09 Å². The fourth-order valence-corrected chi connectivity index (χ4v) is 2.47. The Labute approximate surface area is 158 Å². The van der Waals surface area contributed by atoms with Crippen molar-refractivity contribution in [3.05, 3.63) is 65.5 Å². The zero-order chi connectivity index (χ0) is 20.0. The first kappa shape index (κ1) is 20.4. The fraction of sp³-hybridized carbons (Fsp3) is 0.333. The molecule has 2 N–H and O–H groups in total. The maximum atomic E-state index is 13.7. The van der Waals surface area contributed by atoms with Crippen molar-refractivity contribution >= 4 is 17.7 Å². The molecule has 27 heavy (non-hydrogen) atoms. The SMILES string of the molecule is Cc1c(F)cccc1NC(=O)C(Cc1ccccc1)NC(=O)OC(C)(C)C. The second-order valence-electron chi connectivity index (χ2n) is 7.29. The van der Waals surface area contributed by atoms with Gasteiger partial charge in [0, 0.05) is 17.7 Å². The molecule has 0 fully saturated rings. The number of halogens is 1. The minimum atomic E-state index is -0.870. The quantitative estimate of drug-likeness (QED) is 0.826. The third kappa shape index (κ3) is 6.40. The molecule has 0 aromatic heterocycles. The first-order valence-electron chi connectivity index (χ1n) is 8.75. The average Bonchev–Trinajstić information content (AvgIpc) is 2.57. The van der Waals surface area contributed by atoms with Gasteiger partial charge in [-0.2, -0.15) is 0 Å². The van der Waals surface area contributed by atoms with E-state index in [2.05, 4.69) is 10.6 Å². The predicted octanol–water partition coefficient (Wildman–Crippen LogP) is 4.21. The molecule has 5 nitrogen and oxygen atoms in total. The van der Waals surface area contributed by atoms with Crippen LogP contribution < -0.4 is 10.6 Å². The molecule has 2 rings (SSSR count). The zero-order valence-electron chi connectivity index (χ0n) is 16.0. The summed E-state index contributed by atoms with van der Waals surface area (Å²) in [4.78, 5) is 24.9. The van der Waals surface area contributed by atoms with Crippen molar-refractivity contribution < 1.29 is 18.7 Å². The highest BCUT2D eigenvalue weighted by Crippen LogP contribution is 2.18. The molecule has 0 heterocycles. The van der Waals surface area contributed by atoms with Gasteiger partial charge in [-0.15, -0.1) is 0 Å². The van der Waals surface area contributed by atoms with Crippen LogP contribution in [0.15, 0.2) is 48.5 Å². The minimum absolute atomic E-state index is 0.278. The molecular weight excluding hydrogens is 347 g/mol. The lowest BCUT2D eigenvalue weighted by atomic mass is 10.0. The van der Waals surface area contributed by atoms with Gasteiger partial charge in [0.25, 0.3) is 0 Å². The fourth-order valence-electron chi connectivity index (χ4n) is 2.47. The van der Waals surface area contributed by atoms with Gasteiger partial charge in [0.1, 0.15) is 17.5 Å². The summed E-state index contributed by atoms with van der Waals surface area (Å²) in [7, 11) is 0. The molecule has 0 aliphatic heterocycles. The number of carbonyl (C=O) groups is 2. The maximum absolute atomic E-state index is 13.7. The van der Waals surface area contributed by atoms with Crippen molar-refractivity contribution in [2.45, 2.75) is 45.8 Å². The lowest BCUT2D eigenvalue weighted by Crippen LogP contribution is -2.47. The number of alkyl carbamates (subject to hydrolysis) is 1. The Kier molecular flexibility index (Phi) is 6.55. The van der Waals surface area contributed by atoms with E-state index in [1.165, 1.54) is 12.1 Å². The van der Waals surface area contributed by atoms with Gasteiger partial charge in [-0.05, 0) is 45.4 Å². The first-order valence-corrected chi connectivity index (χ1v) is 8.75. The predicted molar refractivity (Wildman–Crippen MR) is 103 cm³/mol. The summed E-state index contributed by atoms with van der Waals surface area (Å²) in [5.74, 6) is -0.856. The van der Waals surface area contributed by atoms with Crippen LogP contribution in [-0.4, -0.2) is 23.6 Å². The first-order chi connectivity index (χ1) is 12.7. The van der Waals surface area contributed by atoms with Crippen LogP contribution in [0.25, 0.3) is 0 Å². The van der Waals surface area contributed by atoms with Gasteiger partial charge in [0.05, 0.1) is 0 Å². The topological polar surface area (TPSA) is 67.4 Å². The summed E-state index contributed by atoms with van der Waals surface area (Å²) in [5, 5.41) is 5.30. The van der Waals surface area contributed by atoms with Crippen LogP contribution in [0.5, 0.6) is 0 Å². The molecule has 1 atom stereocenters. The van der Waals surface area contributed by atoms with E-state index < -0.39 is 29.5 Å². The number of anilines is 1. The maximum Gasteiger partial charge on any atom is 0.408 e. The zero-order valence-corrected chi connectivity index (χ0v) is 16.0. The molecule has 1 unspecified atom stereocenters. The normalized spacial score (nSPS) is 12.2. The summed E-state index contributed by atoms with van der Waals surface area (Å²) in [6.45, 7) is 6.82. The number of amides is 2. The second-order valence-corrected chi connectivity index (χ2v) is 7.29. The van der Waals surface area contributed by atoms with Crippen molar-refractivity contribution in [1.29, 1.82) is 0 Å². The van der Waals surface area contributed by atoms with E-state index >= 15 is 0 Å². The lowest BCUT2D eigenvalue weighted by molar-refractivity contribution is -0.118. The van der Waals surface area contributed by atoms with E-state index in [1.807, 2.05) is 30.3 Å². The van der Waals surface area contributed by atoms with Gasteiger partial charge in [-0.3, -0.25) is 4.79 Å². The van der Waals surface area contributed by atoms with Crippen molar-refractivity contribution in [2.24, 2.45) is 0 Å². The molecule has 0 aliphatic rings. The molecule has 2 aromatic carbocycles. The van der Waals surface area contributed by atoms with Crippen LogP contribution in [0.1, 0.15) is 31.9 Å². The van der Waals surface area contributed by atoms with Gasteiger partial charge < -0.3 is 15.4 Å². The van der Waals surface area contributed by atoms with Crippen molar-refractivity contribution in [3.63, 3.8) is 0 Å². The highest BCUT2D eigenvalue weighted by atomic mass is 19.1. The van der Waals surface area contributed by atoms with Crippen LogP contribution >= 0.6 is 0 Å². The van der Waals surface area contributed by atoms with E-state index in [0.29, 0.717) is 11.3 Å². The Balaban J connectivity index is 2.18. The lowest BCUT2D eigenvalue weighted by Gasteiger charge is -2.23. The molecule has 0 saturated carbocycles. The highest BCUT2D eigenvalue weighted by Gasteiger charge is 2.25. The molecule has 2 amide bonds. The van der Waals surface area contributed by atoms with E-state index in [1.54, 1.807) is 33.8 Å². The average molecular weight is 372 g/mol. The second kappa shape index (κ2) is 8.66. The number of benzene rings is 2. The van der Waals surface area contributed by atoms with Crippen molar-refractivity contribution in [1.82, 2.24) is 5.32 Å². The molecule has 6 heteroatoms. The Bertz CT molecular complexity index is 801. The molecule has 0 bridgehead atoms. The summed E-state index contributed by atoms with van der Waals surface area (Å²) in [5.41, 5.74) is 0.895. The van der Waals surface area contributed by atoms with Crippen LogP contribution in [-0.2, 0) is 16.0 Å². The van der Waals surface area contributed by atoms with Gasteiger partial charge in [-0.1, -0.05) is 36.4 Å². The number of rotatable bonds is 5. The van der Waals surface area contributed by atoms with Crippen LogP contribution in [0.4, 0.5) is 14.9 Å². The van der Waals surface area contributed by atoms with E-state index in [9.17, 15) is 14.0 Å². The highest BCUT2D eigenvalue weighted by molar-refractivity contribution is 5.97. The summed E-state index contributed by atoms with van der Waals surface area (Å²) < 4.78 is 19.0. The summed E-state index contributed by atoms with van der Waals surface area (Å²) in [6, 6.07) is 12.9. The van der Waals surface area contributed by atoms with Crippen molar-refractivity contribution in [3.8, 4) is 0 Å². The molecule has 2 aromatic rings. The van der Waals surface area contributed by atoms with E-state index in [4.69, 9.17) is 4.74 Å². The van der Waals surface area contributed by atoms with Crippen molar-refractivity contribution in [2.75, 3.05) is 5.32 Å². The molecule has 0 aliphatic carbocycles. The van der Waals surface area contributed by atoms with E-state index in [0.717, 1.165) is 5.56 Å². The Morgan fingerprint density at radius 1 is 1.07 bits per heavy atom. The minimum Gasteiger partial charge on any atom is -0.444 e. The van der Waals surface area contributed by atoms with Crippen LogP contribution in [0.2, 0.25) is 0 Å². The number of carbonyl (C=O) groups excluding carboxylic acids is 2. The smallest absolute Gasteiger partial charge is 0.408 e. The Hall–Kier alpha value is -2.89. The molecule has 144 valence electrons. The molecule has 0 radical (unpaired) electrons. The van der Waals surface area contributed by atoms with Crippen LogP contribution in [0.3, 0.4) is 0 Å². The molecule has 0 saturated heterocycles. The van der Waals surface area contributed by atoms with E-state index in [-0.39, 0.29) is 6.42 Å². The monoisotopic (exact) mass is 372 g/mol. The Morgan fingerprint density at radius 3 is 2.37 bits per heavy atom. The van der Waals surface area contributed by atoms with Gasteiger partial charge in [0.2, 0.25) is 5.91 Å². The Morgan fingerprint density at radius 2 is 1.74 bits per heavy atom. The van der Waals surface area contributed by atoms with Gasteiger partial charge in [0.15, 0.2) is 0 Å². The number of hydrogen-bond acceptors (Lipinski definition) is 3. The summed E-state index contributed by atoms with van der Waals surface area (Å²) in [6.07, 6.45) is -0.408. The standard InChI is InChI=1S/C21H25FN2O3/c1-14-16(22)11-8-12-17(14)23-19(25)18(13-15-9-6-5-7-10-15)24-20(26)27-21(2,3)4/h5-12,18H,13H2,1-4H3,(H,23,25)(H,24,26). The number of nitrogens with one attached hydrogen (secondary N) is 2. The largest absolute Gasteiger partial charge is 0.444 e.